The van der Waals surface area contributed by atoms with Crippen molar-refractivity contribution in [2.75, 3.05) is 13.7 Å². The molecule has 126 valence electrons. The first kappa shape index (κ1) is 17.8. The predicted molar refractivity (Wildman–Crippen MR) is 79.8 cm³/mol. The number of esters is 1. The second-order valence-electron chi connectivity index (χ2n) is 5.22. The Morgan fingerprint density at radius 2 is 2.09 bits per heavy atom. The molecule has 0 N–H and O–H groups in total. The number of ether oxygens (including phenoxy) is 1. The summed E-state index contributed by atoms with van der Waals surface area (Å²) in [6, 6.07) is 3.09. The van der Waals surface area contributed by atoms with Gasteiger partial charge in [-0.1, -0.05) is 22.9 Å². The molecule has 2 atom stereocenters. The maximum Gasteiger partial charge on any atom is 0.404 e. The molecular weight excluding hydrogens is 379 g/mol. The number of amides is 1. The number of halogens is 4. The van der Waals surface area contributed by atoms with Crippen molar-refractivity contribution in [3.8, 4) is 0 Å². The molecule has 1 aliphatic heterocycles. The molecule has 8 heteroatoms. The van der Waals surface area contributed by atoms with E-state index in [2.05, 4.69) is 20.7 Å². The highest BCUT2D eigenvalue weighted by Gasteiger charge is 2.56. The monoisotopic (exact) mass is 393 g/mol. The number of methoxy groups -OCH3 is 1. The molecular formula is C15H15BrF3NO3. The van der Waals surface area contributed by atoms with Crippen molar-refractivity contribution in [3.05, 3.63) is 33.8 Å². The Kier molecular flexibility index (Phi) is 5.03. The maximum atomic E-state index is 13.5. The van der Waals surface area contributed by atoms with Gasteiger partial charge in [0.1, 0.15) is 0 Å². The lowest BCUT2D eigenvalue weighted by Crippen LogP contribution is -2.43. The minimum Gasteiger partial charge on any atom is -0.468 e. The van der Waals surface area contributed by atoms with Crippen molar-refractivity contribution in [1.82, 2.24) is 4.90 Å². The smallest absolute Gasteiger partial charge is 0.404 e. The third-order valence-electron chi connectivity index (χ3n) is 3.75. The summed E-state index contributed by atoms with van der Waals surface area (Å²) in [7, 11) is 0.907. The third-order valence-corrected chi connectivity index (χ3v) is 4.24. The quantitative estimate of drug-likeness (QED) is 0.732. The van der Waals surface area contributed by atoms with E-state index in [1.807, 2.05) is 0 Å². The van der Waals surface area contributed by atoms with Crippen LogP contribution in [0.4, 0.5) is 13.2 Å². The van der Waals surface area contributed by atoms with Crippen LogP contribution in [-0.2, 0) is 9.53 Å². The van der Waals surface area contributed by atoms with E-state index in [1.54, 1.807) is 13.0 Å². The molecule has 1 amide bonds. The number of rotatable bonds is 4. The Morgan fingerprint density at radius 3 is 2.61 bits per heavy atom. The van der Waals surface area contributed by atoms with Crippen molar-refractivity contribution >= 4 is 27.8 Å². The number of carbonyl (C=O) groups excluding carboxylic acids is 2. The lowest BCUT2D eigenvalue weighted by atomic mass is 9.92. The van der Waals surface area contributed by atoms with Crippen LogP contribution in [0.1, 0.15) is 35.3 Å². The largest absolute Gasteiger partial charge is 0.468 e. The van der Waals surface area contributed by atoms with Crippen molar-refractivity contribution in [2.45, 2.75) is 25.6 Å². The van der Waals surface area contributed by atoms with Crippen molar-refractivity contribution in [1.29, 1.82) is 0 Å². The summed E-state index contributed by atoms with van der Waals surface area (Å²) in [5, 5.41) is 0. The Balaban J connectivity index is 2.62. The molecule has 2 unspecified atom stereocenters. The number of nitrogens with zero attached hydrogens (tertiary/aromatic N) is 1. The average molecular weight is 394 g/mol. The van der Waals surface area contributed by atoms with Gasteiger partial charge in [0.2, 0.25) is 0 Å². The summed E-state index contributed by atoms with van der Waals surface area (Å²) >= 11 is 3.20. The SMILES string of the molecule is CCCN1C(=O)c2ccc(Br)cc2C1C(C(=O)OC)C(F)(F)F. The molecule has 0 aliphatic carbocycles. The zero-order valence-corrected chi connectivity index (χ0v) is 14.1. The molecule has 0 fully saturated rings. The zero-order valence-electron chi connectivity index (χ0n) is 12.5. The Hall–Kier alpha value is -1.57. The molecule has 4 nitrogen and oxygen atoms in total. The van der Waals surface area contributed by atoms with Crippen LogP contribution in [-0.4, -0.2) is 36.6 Å². The van der Waals surface area contributed by atoms with Gasteiger partial charge in [-0.25, -0.2) is 0 Å². The molecule has 1 aromatic rings. The summed E-state index contributed by atoms with van der Waals surface area (Å²) < 4.78 is 45.4. The average Bonchev–Trinajstić information content (AvgIpc) is 2.71. The van der Waals surface area contributed by atoms with Crippen LogP contribution in [0.15, 0.2) is 22.7 Å². The second kappa shape index (κ2) is 6.51. The Morgan fingerprint density at radius 1 is 1.43 bits per heavy atom. The summed E-state index contributed by atoms with van der Waals surface area (Å²) in [5.74, 6) is -4.32. The molecule has 1 aromatic carbocycles. The van der Waals surface area contributed by atoms with Gasteiger partial charge in [-0.15, -0.1) is 0 Å². The van der Waals surface area contributed by atoms with Gasteiger partial charge in [-0.3, -0.25) is 9.59 Å². The molecule has 0 saturated carbocycles. The first-order valence-electron chi connectivity index (χ1n) is 6.97. The Bertz CT molecular complexity index is 633. The van der Waals surface area contributed by atoms with Gasteiger partial charge in [0, 0.05) is 16.6 Å². The van der Waals surface area contributed by atoms with E-state index in [0.29, 0.717) is 10.9 Å². The van der Waals surface area contributed by atoms with Crippen LogP contribution in [0.3, 0.4) is 0 Å². The van der Waals surface area contributed by atoms with Crippen molar-refractivity contribution in [2.24, 2.45) is 5.92 Å². The van der Waals surface area contributed by atoms with Gasteiger partial charge >= 0.3 is 12.1 Å². The van der Waals surface area contributed by atoms with E-state index in [-0.39, 0.29) is 17.7 Å². The fraction of sp³-hybridized carbons (Fsp3) is 0.467. The molecule has 0 radical (unpaired) electrons. The number of hydrogen-bond acceptors (Lipinski definition) is 3. The van der Waals surface area contributed by atoms with Crippen molar-refractivity contribution < 1.29 is 27.5 Å². The van der Waals surface area contributed by atoms with Crippen LogP contribution >= 0.6 is 15.9 Å². The predicted octanol–water partition coefficient (Wildman–Crippen LogP) is 3.71. The lowest BCUT2D eigenvalue weighted by Gasteiger charge is -2.31. The minimum atomic E-state index is -4.83. The normalized spacial score (nSPS) is 18.8. The van der Waals surface area contributed by atoms with Crippen LogP contribution in [0.5, 0.6) is 0 Å². The van der Waals surface area contributed by atoms with Gasteiger partial charge in [-0.05, 0) is 30.2 Å². The van der Waals surface area contributed by atoms with Crippen molar-refractivity contribution in [3.63, 3.8) is 0 Å². The number of fused-ring (bicyclic) bond motifs is 1. The number of alkyl halides is 3. The highest BCUT2D eigenvalue weighted by Crippen LogP contribution is 2.46. The number of benzene rings is 1. The van der Waals surface area contributed by atoms with Crippen LogP contribution < -0.4 is 0 Å². The molecule has 2 rings (SSSR count). The number of carbonyl (C=O) groups is 2. The molecule has 1 heterocycles. The molecule has 0 aromatic heterocycles. The third kappa shape index (κ3) is 3.22. The fourth-order valence-corrected chi connectivity index (χ4v) is 3.21. The molecule has 1 aliphatic rings. The lowest BCUT2D eigenvalue weighted by molar-refractivity contribution is -0.206. The highest BCUT2D eigenvalue weighted by molar-refractivity contribution is 9.10. The Labute approximate surface area is 139 Å². The first-order chi connectivity index (χ1) is 10.7. The van der Waals surface area contributed by atoms with Gasteiger partial charge in [-0.2, -0.15) is 13.2 Å². The van der Waals surface area contributed by atoms with Crippen LogP contribution in [0.2, 0.25) is 0 Å². The standard InChI is InChI=1S/C15H15BrF3NO3/c1-3-6-20-12(11(14(22)23-2)15(17,18)19)10-7-8(16)4-5-9(10)13(20)21/h4-5,7,11-12H,3,6H2,1-2H3. The van der Waals surface area contributed by atoms with E-state index in [1.165, 1.54) is 12.1 Å². The van der Waals surface area contributed by atoms with Gasteiger partial charge in [0.25, 0.3) is 5.91 Å². The van der Waals surface area contributed by atoms with E-state index >= 15 is 0 Å². The molecule has 23 heavy (non-hydrogen) atoms. The minimum absolute atomic E-state index is 0.124. The summed E-state index contributed by atoms with van der Waals surface area (Å²) in [5.41, 5.74) is 0.371. The van der Waals surface area contributed by atoms with Crippen LogP contribution in [0, 0.1) is 5.92 Å². The van der Waals surface area contributed by atoms with Gasteiger partial charge in [0.15, 0.2) is 5.92 Å². The number of hydrogen-bond donors (Lipinski definition) is 0. The molecule has 0 spiro atoms. The fourth-order valence-electron chi connectivity index (χ4n) is 2.83. The summed E-state index contributed by atoms with van der Waals surface area (Å²) in [4.78, 5) is 25.4. The second-order valence-corrected chi connectivity index (χ2v) is 6.13. The van der Waals surface area contributed by atoms with E-state index < -0.39 is 30.0 Å². The van der Waals surface area contributed by atoms with E-state index in [4.69, 9.17) is 0 Å². The van der Waals surface area contributed by atoms with E-state index in [9.17, 15) is 22.8 Å². The van der Waals surface area contributed by atoms with Crippen LogP contribution in [0.25, 0.3) is 0 Å². The molecule has 0 bridgehead atoms. The first-order valence-corrected chi connectivity index (χ1v) is 7.76. The highest BCUT2D eigenvalue weighted by atomic mass is 79.9. The topological polar surface area (TPSA) is 46.6 Å². The summed E-state index contributed by atoms with van der Waals surface area (Å²) in [6.45, 7) is 1.88. The van der Waals surface area contributed by atoms with E-state index in [0.717, 1.165) is 12.0 Å². The zero-order chi connectivity index (χ0) is 17.4. The molecule has 0 saturated heterocycles. The van der Waals surface area contributed by atoms with Gasteiger partial charge in [0.05, 0.1) is 13.2 Å². The summed E-state index contributed by atoms with van der Waals surface area (Å²) in [6.07, 6.45) is -4.35. The maximum absolute atomic E-state index is 13.5. The van der Waals surface area contributed by atoms with Gasteiger partial charge < -0.3 is 9.64 Å².